The number of carbonyl (C=O) groups is 2. The van der Waals surface area contributed by atoms with Crippen molar-refractivity contribution in [1.82, 2.24) is 20.0 Å². The maximum Gasteiger partial charge on any atom is 0.410 e. The van der Waals surface area contributed by atoms with Crippen molar-refractivity contribution in [1.29, 1.82) is 0 Å². The van der Waals surface area contributed by atoms with Gasteiger partial charge >= 0.3 is 6.09 Å². The monoisotopic (exact) mass is 306 g/mol. The summed E-state index contributed by atoms with van der Waals surface area (Å²) in [5, 5.41) is 7.25. The minimum Gasteiger partial charge on any atom is -0.453 e. The van der Waals surface area contributed by atoms with E-state index in [9.17, 15) is 9.59 Å². The van der Waals surface area contributed by atoms with Crippen LogP contribution in [0.4, 0.5) is 4.79 Å². The van der Waals surface area contributed by atoms with E-state index in [2.05, 4.69) is 10.2 Å². The zero-order chi connectivity index (χ0) is 15.7. The second-order valence-corrected chi connectivity index (χ2v) is 5.96. The van der Waals surface area contributed by atoms with Gasteiger partial charge < -0.3 is 9.64 Å². The number of piperidine rings is 1. The number of aromatic nitrogens is 2. The minimum atomic E-state index is -0.407. The molecule has 1 fully saturated rings. The van der Waals surface area contributed by atoms with E-state index in [4.69, 9.17) is 4.74 Å². The van der Waals surface area contributed by atoms with Crippen molar-refractivity contribution in [3.05, 3.63) is 17.0 Å². The number of nitrogens with zero attached hydrogens (tertiary/aromatic N) is 3. The van der Waals surface area contributed by atoms with Gasteiger partial charge in [-0.1, -0.05) is 0 Å². The van der Waals surface area contributed by atoms with Gasteiger partial charge in [0.1, 0.15) is 6.04 Å². The quantitative estimate of drug-likeness (QED) is 0.846. The van der Waals surface area contributed by atoms with Crippen molar-refractivity contribution >= 4 is 12.0 Å². The highest BCUT2D eigenvalue weighted by Crippen LogP contribution is 2.24. The Morgan fingerprint density at radius 2 is 2.14 bits per heavy atom. The van der Waals surface area contributed by atoms with Gasteiger partial charge in [-0.25, -0.2) is 4.79 Å². The number of rotatable bonds is 1. The Labute approximate surface area is 129 Å². The second kappa shape index (κ2) is 5.98. The fraction of sp³-hybridized carbons (Fsp3) is 0.667. The number of hydrogen-bond donors (Lipinski definition) is 1. The molecule has 2 aliphatic rings. The summed E-state index contributed by atoms with van der Waals surface area (Å²) in [6.45, 7) is 3.79. The predicted octanol–water partition coefficient (Wildman–Crippen LogP) is 1.22. The average molecular weight is 306 g/mol. The summed E-state index contributed by atoms with van der Waals surface area (Å²) in [4.78, 5) is 28.2. The molecule has 2 amide bonds. The molecule has 0 radical (unpaired) electrons. The van der Waals surface area contributed by atoms with E-state index in [0.717, 1.165) is 36.2 Å². The van der Waals surface area contributed by atoms with Gasteiger partial charge in [-0.05, 0) is 26.2 Å². The summed E-state index contributed by atoms with van der Waals surface area (Å²) < 4.78 is 4.82. The molecule has 0 aromatic carbocycles. The van der Waals surface area contributed by atoms with Gasteiger partial charge in [-0.2, -0.15) is 5.10 Å². The summed E-state index contributed by atoms with van der Waals surface area (Å²) in [6.07, 6.45) is 2.95. The average Bonchev–Trinajstić information content (AvgIpc) is 2.94. The summed E-state index contributed by atoms with van der Waals surface area (Å²) in [5.74, 6) is 0.0244. The molecule has 1 saturated heterocycles. The van der Waals surface area contributed by atoms with E-state index in [1.807, 2.05) is 11.8 Å². The fourth-order valence-electron chi connectivity index (χ4n) is 3.35. The van der Waals surface area contributed by atoms with Gasteiger partial charge in [0.05, 0.1) is 12.8 Å². The third kappa shape index (κ3) is 2.55. The third-order valence-corrected chi connectivity index (χ3v) is 4.64. The largest absolute Gasteiger partial charge is 0.453 e. The summed E-state index contributed by atoms with van der Waals surface area (Å²) in [5.41, 5.74) is 3.18. The molecule has 0 bridgehead atoms. The highest BCUT2D eigenvalue weighted by atomic mass is 16.5. The highest BCUT2D eigenvalue weighted by molar-refractivity contribution is 5.86. The number of aromatic amines is 1. The fourth-order valence-corrected chi connectivity index (χ4v) is 3.35. The van der Waals surface area contributed by atoms with Crippen LogP contribution in [-0.2, 0) is 22.5 Å². The first-order chi connectivity index (χ1) is 10.6. The molecule has 0 spiro atoms. The SMILES string of the molecule is COC(=O)N1CCCC[C@H]1C(=O)N1CCc2n[nH]c(C)c2C1. The number of fused-ring (bicyclic) bond motifs is 1. The van der Waals surface area contributed by atoms with E-state index in [1.165, 1.54) is 7.11 Å². The van der Waals surface area contributed by atoms with Crippen molar-refractivity contribution in [3.63, 3.8) is 0 Å². The number of likely N-dealkylation sites (tertiary alicyclic amines) is 1. The molecule has 22 heavy (non-hydrogen) atoms. The van der Waals surface area contributed by atoms with Crippen LogP contribution < -0.4 is 0 Å². The Kier molecular flexibility index (Phi) is 4.04. The minimum absolute atomic E-state index is 0.0244. The number of carbonyl (C=O) groups excluding carboxylic acids is 2. The lowest BCUT2D eigenvalue weighted by molar-refractivity contribution is -0.138. The molecule has 7 heteroatoms. The van der Waals surface area contributed by atoms with Crippen LogP contribution in [-0.4, -0.2) is 58.2 Å². The number of hydrogen-bond acceptors (Lipinski definition) is 4. The Bertz CT molecular complexity index is 583. The molecule has 3 rings (SSSR count). The van der Waals surface area contributed by atoms with E-state index in [0.29, 0.717) is 26.1 Å². The van der Waals surface area contributed by atoms with Crippen LogP contribution in [0.15, 0.2) is 0 Å². The Morgan fingerprint density at radius 3 is 2.91 bits per heavy atom. The maximum atomic E-state index is 12.9. The highest BCUT2D eigenvalue weighted by Gasteiger charge is 2.36. The second-order valence-electron chi connectivity index (χ2n) is 5.96. The molecule has 7 nitrogen and oxygen atoms in total. The normalized spacial score (nSPS) is 21.5. The number of amides is 2. The van der Waals surface area contributed by atoms with Crippen LogP contribution in [0, 0.1) is 6.92 Å². The lowest BCUT2D eigenvalue weighted by atomic mass is 9.99. The number of ether oxygens (including phenoxy) is 1. The van der Waals surface area contributed by atoms with E-state index in [1.54, 1.807) is 4.90 Å². The number of H-pyrrole nitrogens is 1. The first kappa shape index (κ1) is 14.9. The Hall–Kier alpha value is -2.05. The van der Waals surface area contributed by atoms with Crippen molar-refractivity contribution < 1.29 is 14.3 Å². The van der Waals surface area contributed by atoms with Crippen molar-refractivity contribution in [2.24, 2.45) is 0 Å². The molecular weight excluding hydrogens is 284 g/mol. The molecule has 0 aliphatic carbocycles. The maximum absolute atomic E-state index is 12.9. The van der Waals surface area contributed by atoms with Crippen LogP contribution >= 0.6 is 0 Å². The molecule has 1 atom stereocenters. The summed E-state index contributed by atoms with van der Waals surface area (Å²) in [7, 11) is 1.36. The topological polar surface area (TPSA) is 78.5 Å². The molecule has 1 aromatic rings. The van der Waals surface area contributed by atoms with Crippen LogP contribution in [0.25, 0.3) is 0 Å². The number of methoxy groups -OCH3 is 1. The molecule has 0 unspecified atom stereocenters. The molecule has 1 N–H and O–H groups in total. The first-order valence-electron chi connectivity index (χ1n) is 7.78. The molecule has 0 saturated carbocycles. The van der Waals surface area contributed by atoms with Crippen molar-refractivity contribution in [2.45, 2.75) is 45.2 Å². The zero-order valence-corrected chi connectivity index (χ0v) is 13.1. The smallest absolute Gasteiger partial charge is 0.410 e. The van der Waals surface area contributed by atoms with E-state index < -0.39 is 12.1 Å². The van der Waals surface area contributed by atoms with Gasteiger partial charge in [-0.15, -0.1) is 0 Å². The molecule has 2 aliphatic heterocycles. The number of nitrogens with one attached hydrogen (secondary N) is 1. The standard InChI is InChI=1S/C15H22N4O3/c1-10-11-9-18(8-6-12(11)17-16-10)14(20)13-5-3-4-7-19(13)15(21)22-2/h13H,3-9H2,1-2H3,(H,16,17)/t13-/m0/s1. The molecule has 1 aromatic heterocycles. The van der Waals surface area contributed by atoms with Gasteiger partial charge in [0.25, 0.3) is 0 Å². The van der Waals surface area contributed by atoms with Crippen molar-refractivity contribution in [3.8, 4) is 0 Å². The summed E-state index contributed by atoms with van der Waals surface area (Å²) in [6, 6.07) is -0.394. The third-order valence-electron chi connectivity index (χ3n) is 4.64. The van der Waals surface area contributed by atoms with Gasteiger partial charge in [0.2, 0.25) is 5.91 Å². The Balaban J connectivity index is 1.75. The summed E-state index contributed by atoms with van der Waals surface area (Å²) >= 11 is 0. The van der Waals surface area contributed by atoms with Crippen LogP contribution in [0.3, 0.4) is 0 Å². The van der Waals surface area contributed by atoms with E-state index in [-0.39, 0.29) is 5.91 Å². The molecule has 3 heterocycles. The zero-order valence-electron chi connectivity index (χ0n) is 13.1. The predicted molar refractivity (Wildman–Crippen MR) is 79.2 cm³/mol. The van der Waals surface area contributed by atoms with Crippen LogP contribution in [0.1, 0.15) is 36.2 Å². The van der Waals surface area contributed by atoms with Gasteiger partial charge in [-0.3, -0.25) is 14.8 Å². The van der Waals surface area contributed by atoms with Gasteiger partial charge in [0, 0.05) is 37.3 Å². The van der Waals surface area contributed by atoms with Crippen LogP contribution in [0.2, 0.25) is 0 Å². The lowest BCUT2D eigenvalue weighted by Crippen LogP contribution is -2.53. The lowest BCUT2D eigenvalue weighted by Gasteiger charge is -2.37. The molecule has 120 valence electrons. The Morgan fingerprint density at radius 1 is 1.32 bits per heavy atom. The molecular formula is C15H22N4O3. The van der Waals surface area contributed by atoms with Crippen LogP contribution in [0.5, 0.6) is 0 Å². The van der Waals surface area contributed by atoms with Gasteiger partial charge in [0.15, 0.2) is 0 Å². The number of aryl methyl sites for hydroxylation is 1. The van der Waals surface area contributed by atoms with Crippen molar-refractivity contribution in [2.75, 3.05) is 20.2 Å². The van der Waals surface area contributed by atoms with E-state index >= 15 is 0 Å². The first-order valence-corrected chi connectivity index (χ1v) is 7.78.